The summed E-state index contributed by atoms with van der Waals surface area (Å²) in [5, 5.41) is 0. The average Bonchev–Trinajstić information content (AvgIpc) is 2.89. The Morgan fingerprint density at radius 2 is 1.18 bits per heavy atom. The largest absolute Gasteiger partial charge is 0.374 e. The lowest BCUT2D eigenvalue weighted by Gasteiger charge is -2.44. The Morgan fingerprint density at radius 3 is 1.68 bits per heavy atom. The van der Waals surface area contributed by atoms with Gasteiger partial charge in [-0.2, -0.15) is 0 Å². The molecule has 0 aromatic heterocycles. The van der Waals surface area contributed by atoms with Gasteiger partial charge in [-0.1, -0.05) is 97.9 Å². The highest BCUT2D eigenvalue weighted by molar-refractivity contribution is 5.57. The van der Waals surface area contributed by atoms with Gasteiger partial charge >= 0.3 is 0 Å². The minimum absolute atomic E-state index is 0.160. The van der Waals surface area contributed by atoms with Crippen molar-refractivity contribution in [3.63, 3.8) is 0 Å². The third kappa shape index (κ3) is 6.61. The standard InChI is InChI=1S/C29H32O5/c1-22-26(17-30)34-27(21-31-18-23-11-5-2-6-12-23)29(33-20-25-15-9-4-10-16-25)28(22)32-19-24-13-7-3-8-14-24/h2-17,22,26-29H,18-21H2,1H3/t22-,26-,27+,28+,29+/m0/s1. The Morgan fingerprint density at radius 1 is 0.706 bits per heavy atom. The minimum Gasteiger partial charge on any atom is -0.374 e. The monoisotopic (exact) mass is 460 g/mol. The van der Waals surface area contributed by atoms with Gasteiger partial charge in [0.25, 0.3) is 0 Å². The predicted molar refractivity (Wildman–Crippen MR) is 130 cm³/mol. The maximum absolute atomic E-state index is 11.9. The van der Waals surface area contributed by atoms with Crippen molar-refractivity contribution in [1.29, 1.82) is 0 Å². The van der Waals surface area contributed by atoms with E-state index in [9.17, 15) is 4.79 Å². The van der Waals surface area contributed by atoms with E-state index in [0.717, 1.165) is 23.0 Å². The van der Waals surface area contributed by atoms with Crippen LogP contribution in [-0.4, -0.2) is 37.3 Å². The fourth-order valence-electron chi connectivity index (χ4n) is 4.24. The van der Waals surface area contributed by atoms with Crippen molar-refractivity contribution in [2.24, 2.45) is 5.92 Å². The second-order valence-corrected chi connectivity index (χ2v) is 8.66. The van der Waals surface area contributed by atoms with E-state index in [1.807, 2.05) is 97.9 Å². The van der Waals surface area contributed by atoms with Gasteiger partial charge in [0.2, 0.25) is 0 Å². The third-order valence-electron chi connectivity index (χ3n) is 6.16. The molecule has 1 heterocycles. The molecule has 0 spiro atoms. The molecule has 3 aromatic rings. The summed E-state index contributed by atoms with van der Waals surface area (Å²) in [6.07, 6.45) is -0.854. The molecule has 5 heteroatoms. The fourth-order valence-corrected chi connectivity index (χ4v) is 4.24. The van der Waals surface area contributed by atoms with Gasteiger partial charge < -0.3 is 23.7 Å². The molecule has 0 amide bonds. The number of ether oxygens (including phenoxy) is 4. The number of benzene rings is 3. The molecule has 0 bridgehead atoms. The van der Waals surface area contributed by atoms with Crippen LogP contribution in [-0.2, 0) is 43.6 Å². The van der Waals surface area contributed by atoms with Crippen LogP contribution in [0, 0.1) is 5.92 Å². The first-order chi connectivity index (χ1) is 16.7. The summed E-state index contributed by atoms with van der Waals surface area (Å²) in [6, 6.07) is 30.0. The first kappa shape index (κ1) is 24.3. The molecule has 1 fully saturated rings. The van der Waals surface area contributed by atoms with Crippen LogP contribution >= 0.6 is 0 Å². The van der Waals surface area contributed by atoms with Gasteiger partial charge in [0.05, 0.1) is 32.5 Å². The topological polar surface area (TPSA) is 54.0 Å². The predicted octanol–water partition coefficient (Wildman–Crippen LogP) is 4.98. The number of aldehydes is 1. The first-order valence-electron chi connectivity index (χ1n) is 11.8. The third-order valence-corrected chi connectivity index (χ3v) is 6.16. The van der Waals surface area contributed by atoms with Gasteiger partial charge in [-0.15, -0.1) is 0 Å². The summed E-state index contributed by atoms with van der Waals surface area (Å²) < 4.78 is 25.0. The molecule has 1 aliphatic rings. The van der Waals surface area contributed by atoms with E-state index in [2.05, 4.69) is 0 Å². The summed E-state index contributed by atoms with van der Waals surface area (Å²) in [7, 11) is 0. The fraction of sp³-hybridized carbons (Fsp3) is 0.345. The van der Waals surface area contributed by atoms with E-state index >= 15 is 0 Å². The molecule has 4 rings (SSSR count). The Bertz CT molecular complexity index is 979. The highest BCUT2D eigenvalue weighted by Crippen LogP contribution is 2.31. The second-order valence-electron chi connectivity index (χ2n) is 8.66. The molecule has 0 saturated carbocycles. The van der Waals surface area contributed by atoms with Gasteiger partial charge in [0.1, 0.15) is 24.6 Å². The average molecular weight is 461 g/mol. The van der Waals surface area contributed by atoms with Crippen LogP contribution in [0.5, 0.6) is 0 Å². The van der Waals surface area contributed by atoms with Crippen molar-refractivity contribution in [3.8, 4) is 0 Å². The van der Waals surface area contributed by atoms with Crippen molar-refractivity contribution >= 4 is 6.29 Å². The Balaban J connectivity index is 1.49. The van der Waals surface area contributed by atoms with Crippen LogP contribution < -0.4 is 0 Å². The van der Waals surface area contributed by atoms with Crippen LogP contribution in [0.1, 0.15) is 23.6 Å². The number of carbonyl (C=O) groups is 1. The number of rotatable bonds is 11. The molecule has 34 heavy (non-hydrogen) atoms. The van der Waals surface area contributed by atoms with Gasteiger partial charge in [-0.25, -0.2) is 0 Å². The molecule has 0 unspecified atom stereocenters. The lowest BCUT2D eigenvalue weighted by atomic mass is 9.88. The summed E-state index contributed by atoms with van der Waals surface area (Å²) in [4.78, 5) is 11.9. The molecule has 178 valence electrons. The van der Waals surface area contributed by atoms with Gasteiger partial charge in [-0.05, 0) is 16.7 Å². The first-order valence-corrected chi connectivity index (χ1v) is 11.8. The van der Waals surface area contributed by atoms with Crippen molar-refractivity contribution in [2.75, 3.05) is 6.61 Å². The van der Waals surface area contributed by atoms with Gasteiger partial charge in [0.15, 0.2) is 0 Å². The van der Waals surface area contributed by atoms with Crippen molar-refractivity contribution in [1.82, 2.24) is 0 Å². The maximum Gasteiger partial charge on any atom is 0.149 e. The summed E-state index contributed by atoms with van der Waals surface area (Å²) in [6.45, 7) is 3.60. The van der Waals surface area contributed by atoms with Crippen LogP contribution in [0.4, 0.5) is 0 Å². The molecule has 1 aliphatic heterocycles. The number of hydrogen-bond acceptors (Lipinski definition) is 5. The second kappa shape index (κ2) is 12.6. The van der Waals surface area contributed by atoms with Crippen molar-refractivity contribution in [2.45, 2.75) is 51.2 Å². The van der Waals surface area contributed by atoms with Crippen LogP contribution in [0.3, 0.4) is 0 Å². The zero-order chi connectivity index (χ0) is 23.6. The quantitative estimate of drug-likeness (QED) is 0.378. The van der Waals surface area contributed by atoms with E-state index in [0.29, 0.717) is 26.4 Å². The normalized spacial score (nSPS) is 24.6. The molecule has 0 N–H and O–H groups in total. The van der Waals surface area contributed by atoms with Crippen LogP contribution in [0.2, 0.25) is 0 Å². The molecule has 1 saturated heterocycles. The maximum atomic E-state index is 11.9. The van der Waals surface area contributed by atoms with Crippen molar-refractivity contribution in [3.05, 3.63) is 108 Å². The summed E-state index contributed by atoms with van der Waals surface area (Å²) in [5.41, 5.74) is 3.22. The lowest BCUT2D eigenvalue weighted by molar-refractivity contribution is -0.235. The molecule has 5 nitrogen and oxygen atoms in total. The van der Waals surface area contributed by atoms with Gasteiger partial charge in [0, 0.05) is 5.92 Å². The zero-order valence-corrected chi connectivity index (χ0v) is 19.5. The van der Waals surface area contributed by atoms with E-state index in [1.165, 1.54) is 0 Å². The Labute approximate surface area is 201 Å². The molecule has 0 radical (unpaired) electrons. The lowest BCUT2D eigenvalue weighted by Crippen LogP contribution is -2.57. The van der Waals surface area contributed by atoms with Gasteiger partial charge in [-0.3, -0.25) is 0 Å². The highest BCUT2D eigenvalue weighted by Gasteiger charge is 2.45. The van der Waals surface area contributed by atoms with Crippen LogP contribution in [0.25, 0.3) is 0 Å². The van der Waals surface area contributed by atoms with E-state index in [-0.39, 0.29) is 18.1 Å². The van der Waals surface area contributed by atoms with E-state index in [4.69, 9.17) is 18.9 Å². The Kier molecular flexibility index (Phi) is 8.99. The van der Waals surface area contributed by atoms with E-state index < -0.39 is 12.2 Å². The van der Waals surface area contributed by atoms with Crippen molar-refractivity contribution < 1.29 is 23.7 Å². The summed E-state index contributed by atoms with van der Waals surface area (Å²) in [5.74, 6) is -0.160. The minimum atomic E-state index is -0.581. The number of hydrogen-bond donors (Lipinski definition) is 0. The molecule has 3 aromatic carbocycles. The molecule has 0 aliphatic carbocycles. The molecular weight excluding hydrogens is 428 g/mol. The summed E-state index contributed by atoms with van der Waals surface area (Å²) >= 11 is 0. The smallest absolute Gasteiger partial charge is 0.149 e. The number of carbonyl (C=O) groups excluding carboxylic acids is 1. The Hall–Kier alpha value is -2.83. The molecule has 5 atom stereocenters. The highest BCUT2D eigenvalue weighted by atomic mass is 16.6. The SMILES string of the molecule is C[C@@H]1[C@@H](OCc2ccccc2)[C@H](OCc2ccccc2)[C@@H](COCc2ccccc2)O[C@H]1C=O. The molecular formula is C29H32O5. The zero-order valence-electron chi connectivity index (χ0n) is 19.5. The van der Waals surface area contributed by atoms with E-state index in [1.54, 1.807) is 0 Å². The van der Waals surface area contributed by atoms with Crippen LogP contribution in [0.15, 0.2) is 91.0 Å².